The van der Waals surface area contributed by atoms with E-state index in [9.17, 15) is 56.4 Å². The molecule has 30 nitrogen and oxygen atoms in total. The van der Waals surface area contributed by atoms with Gasteiger partial charge in [0.1, 0.15) is 30.6 Å². The Morgan fingerprint density at radius 2 is 0.912 bits per heavy atom. The van der Waals surface area contributed by atoms with Crippen LogP contribution >= 0.6 is 56.7 Å². The number of sulfonamides is 1. The lowest BCUT2D eigenvalue weighted by molar-refractivity contribution is 0.0226. The number of unbranched alkanes of at least 4 members (excludes halogenated alkanes) is 1. The minimum absolute atomic E-state index is 0.0186. The van der Waals surface area contributed by atoms with Crippen LogP contribution in [0.5, 0.6) is 0 Å². The van der Waals surface area contributed by atoms with Crippen LogP contribution in [0.2, 0.25) is 0 Å². The Morgan fingerprint density at radius 3 is 1.34 bits per heavy atom. The molecule has 0 saturated heterocycles. The Morgan fingerprint density at radius 1 is 0.522 bits per heavy atom. The fourth-order valence-electron chi connectivity index (χ4n) is 13.4. The van der Waals surface area contributed by atoms with E-state index < -0.39 is 57.3 Å². The molecule has 36 heteroatoms. The van der Waals surface area contributed by atoms with Gasteiger partial charge in [0.25, 0.3) is 29.5 Å². The van der Waals surface area contributed by atoms with E-state index in [0.29, 0.717) is 91.2 Å². The minimum atomic E-state index is -3.42. The number of fused-ring (bicyclic) bond motifs is 5. The molecule has 2 aliphatic carbocycles. The molecule has 14 amide bonds. The fourth-order valence-corrected chi connectivity index (χ4v) is 21.5. The van der Waals surface area contributed by atoms with Crippen molar-refractivity contribution in [2.45, 2.75) is 235 Å². The van der Waals surface area contributed by atoms with Gasteiger partial charge < -0.3 is 64.9 Å². The van der Waals surface area contributed by atoms with Crippen LogP contribution in [0.1, 0.15) is 257 Å². The molecule has 0 spiro atoms. The van der Waals surface area contributed by atoms with Gasteiger partial charge in [0.15, 0.2) is 0 Å². The van der Waals surface area contributed by atoms with Crippen LogP contribution in [-0.2, 0) is 72.9 Å². The summed E-state index contributed by atoms with van der Waals surface area (Å²) in [5.41, 5.74) is 35.2. The Labute approximate surface area is 682 Å². The van der Waals surface area contributed by atoms with Crippen LogP contribution in [0, 0.1) is 0 Å². The van der Waals surface area contributed by atoms with Gasteiger partial charge in [-0.15, -0.1) is 56.7 Å². The normalized spacial score (nSPS) is 15.5. The number of carbonyl (C=O) groups excluding carboxylic acids is 10. The first-order valence-electron chi connectivity index (χ1n) is 38.1. The molecular formula is C77H113N17O13S6. The molecule has 0 bridgehead atoms. The van der Waals surface area contributed by atoms with Crippen molar-refractivity contribution in [3.63, 3.8) is 0 Å². The van der Waals surface area contributed by atoms with Crippen LogP contribution in [-0.4, -0.2) is 140 Å². The van der Waals surface area contributed by atoms with Gasteiger partial charge in [-0.1, -0.05) is 57.5 Å². The van der Waals surface area contributed by atoms with Gasteiger partial charge in [0.2, 0.25) is 10.0 Å². The molecule has 1 aromatic carbocycles. The molecule has 20 N–H and O–H groups in total. The average molecular weight is 1680 g/mol. The van der Waals surface area contributed by atoms with E-state index in [2.05, 4.69) is 95.6 Å². The van der Waals surface area contributed by atoms with Crippen LogP contribution in [0.4, 0.5) is 49.0 Å². The van der Waals surface area contributed by atoms with Gasteiger partial charge in [0.05, 0.1) is 40.1 Å². The molecule has 8 heterocycles. The van der Waals surface area contributed by atoms with Crippen LogP contribution in [0.3, 0.4) is 0 Å². The predicted octanol–water partition coefficient (Wildman–Crippen LogP) is 12.3. The van der Waals surface area contributed by atoms with Gasteiger partial charge in [-0.3, -0.25) is 54.9 Å². The van der Waals surface area contributed by atoms with E-state index >= 15 is 0 Å². The standard InChI is InChI=1S/C20H26N4O2S.C17H26N4O4S.C14H21N3O2S.C14H22N2O3S2.C12H18N4O2S/c1-13(2)22-20(26)23-19-17(18(21)25)15-9-11-24(12-16(15)27-19)10-8-14-6-4-3-5-7-14;1-9(2)19-15(23)20-14-12(13(18)22)10-6-7-21(8-11(10)26-14)16(24)25-17(3,4)5;1-7(2)16-14(19)17-13-11(12(15)18)10-8(3)5-4-6-9(10)20-13;1-3-4-8-21(18,19)16-14-12(13(15)17)11-9(2)6-5-7-10(11)20-14;1-6(2)15-12(18)16-11-9(10(13)17)7-3-4-14-5-8(7)19-11/h3-7,13H,8-12H2,1-2H3,(H2,21,25)(H2,22,23,26);9H,6-8H2,1-5H3,(H2,18,22)(H2,19,20,23);7-8H,4-6H2,1-3H3,(H2,15,18)(H2,16,17,19);9,16H,3-8H2,1-2H3,(H2,15,17);6,14H,3-5H2,1-2H3,(H2,13,17)(H2,15,16,18). The number of aryl methyl sites for hydroxylation is 2. The zero-order chi connectivity index (χ0) is 83.5. The van der Waals surface area contributed by atoms with Crippen LogP contribution in [0.25, 0.3) is 0 Å². The number of hydrogen-bond acceptors (Lipinski definition) is 20. The number of thiophene rings is 5. The first kappa shape index (κ1) is 91.3. The fraction of sp³-hybridized carbons (Fsp3) is 0.532. The number of ether oxygens (including phenoxy) is 1. The number of benzene rings is 1. The Bertz CT molecular complexity index is 4510. The Kier molecular flexibility index (Phi) is 33.4. The van der Waals surface area contributed by atoms with Gasteiger partial charge in [-0.2, -0.15) is 0 Å². The summed E-state index contributed by atoms with van der Waals surface area (Å²) in [5.74, 6) is -1.93. The molecule has 5 aromatic heterocycles. The maximum absolute atomic E-state index is 12.3. The summed E-state index contributed by atoms with van der Waals surface area (Å²) in [4.78, 5) is 128. The Hall–Kier alpha value is -8.91. The second-order valence-corrected chi connectivity index (χ2v) is 37.8. The van der Waals surface area contributed by atoms with Gasteiger partial charge >= 0.3 is 30.2 Å². The third-order valence-corrected chi connectivity index (χ3v) is 25.5. The quantitative estimate of drug-likeness (QED) is 0.0318. The van der Waals surface area contributed by atoms with Gasteiger partial charge in [-0.05, 0) is 199 Å². The van der Waals surface area contributed by atoms with E-state index in [4.69, 9.17) is 33.4 Å². The summed E-state index contributed by atoms with van der Waals surface area (Å²) in [7, 11) is -3.42. The lowest BCUT2D eigenvalue weighted by Gasteiger charge is -2.30. The molecule has 6 aromatic rings. The van der Waals surface area contributed by atoms with Gasteiger partial charge in [-0.25, -0.2) is 32.4 Å². The number of nitrogens with zero attached hydrogens (tertiary/aromatic N) is 2. The van der Waals surface area contributed by atoms with Crippen LogP contribution in [0.15, 0.2) is 30.3 Å². The maximum atomic E-state index is 12.3. The van der Waals surface area contributed by atoms with Crippen molar-refractivity contribution in [3.8, 4) is 0 Å². The van der Waals surface area contributed by atoms with Crippen molar-refractivity contribution < 1.29 is 61.1 Å². The first-order valence-corrected chi connectivity index (χ1v) is 43.9. The lowest BCUT2D eigenvalue weighted by Crippen LogP contribution is -2.39. The highest BCUT2D eigenvalue weighted by molar-refractivity contribution is 7.92. The zero-order valence-corrected chi connectivity index (χ0v) is 71.9. The van der Waals surface area contributed by atoms with Gasteiger partial charge in [0, 0.05) is 81.3 Å². The summed E-state index contributed by atoms with van der Waals surface area (Å²) in [6.07, 6.45) is 10.1. The number of urea groups is 4. The summed E-state index contributed by atoms with van der Waals surface area (Å²) in [6.45, 7) is 31.4. The third kappa shape index (κ3) is 26.3. The number of primary amides is 5. The van der Waals surface area contributed by atoms with Crippen molar-refractivity contribution in [2.24, 2.45) is 28.7 Å². The number of carbonyl (C=O) groups is 10. The highest BCUT2D eigenvalue weighted by atomic mass is 32.2. The van der Waals surface area contributed by atoms with E-state index in [0.717, 1.165) is 138 Å². The van der Waals surface area contributed by atoms with Crippen molar-refractivity contribution in [1.29, 1.82) is 0 Å². The van der Waals surface area contributed by atoms with Crippen LogP contribution < -0.4 is 81.2 Å². The molecule has 11 rings (SSSR count). The molecule has 5 aliphatic rings. The number of nitrogens with two attached hydrogens (primary N) is 5. The zero-order valence-electron chi connectivity index (χ0n) is 67.0. The number of amides is 14. The van der Waals surface area contributed by atoms with Crippen molar-refractivity contribution in [3.05, 3.63) is 116 Å². The number of nitrogens with one attached hydrogen (secondary N) is 10. The predicted molar refractivity (Wildman–Crippen MR) is 453 cm³/mol. The average Bonchev–Trinajstić information content (AvgIpc) is 1.66. The number of anilines is 5. The monoisotopic (exact) mass is 1680 g/mol. The number of hydrogen-bond donors (Lipinski definition) is 15. The molecule has 620 valence electrons. The Balaban J connectivity index is 0.000000197. The van der Waals surface area contributed by atoms with E-state index in [1.54, 1.807) is 4.90 Å². The summed E-state index contributed by atoms with van der Waals surface area (Å²) >= 11 is 6.97. The lowest BCUT2D eigenvalue weighted by atomic mass is 9.86. The molecule has 2 atom stereocenters. The largest absolute Gasteiger partial charge is 0.444 e. The van der Waals surface area contributed by atoms with E-state index in [1.807, 2.05) is 89.2 Å². The van der Waals surface area contributed by atoms with Crippen molar-refractivity contribution >= 4 is 151 Å². The molecule has 2 unspecified atom stereocenters. The summed E-state index contributed by atoms with van der Waals surface area (Å²) < 4.78 is 32.1. The molecule has 113 heavy (non-hydrogen) atoms. The smallest absolute Gasteiger partial charge is 0.410 e. The summed E-state index contributed by atoms with van der Waals surface area (Å²) in [6, 6.07) is 9.16. The molecule has 0 fully saturated rings. The summed E-state index contributed by atoms with van der Waals surface area (Å²) in [5, 5.41) is 27.7. The van der Waals surface area contributed by atoms with Crippen molar-refractivity contribution in [2.75, 3.05) is 57.9 Å². The maximum Gasteiger partial charge on any atom is 0.410 e. The topological polar surface area (TPSA) is 471 Å². The molecule has 0 radical (unpaired) electrons. The first-order chi connectivity index (χ1) is 53.1. The number of rotatable bonds is 21. The third-order valence-electron chi connectivity index (χ3n) is 18.3. The van der Waals surface area contributed by atoms with E-state index in [-0.39, 0.29) is 53.9 Å². The molecular weight excluding hydrogens is 1560 g/mol. The van der Waals surface area contributed by atoms with Crippen molar-refractivity contribution in [1.82, 2.24) is 36.4 Å². The second-order valence-electron chi connectivity index (χ2n) is 30.4. The molecule has 3 aliphatic heterocycles. The highest BCUT2D eigenvalue weighted by Crippen LogP contribution is 2.46. The van der Waals surface area contributed by atoms with E-state index in [1.165, 1.54) is 67.1 Å². The SMILES string of the molecule is CC(C)NC(=O)Nc1sc2c(c1C(N)=O)C(C)CCC2.CC(C)NC(=O)Nc1sc2c(c1C(N)=O)CCN(C(=O)OC(C)(C)C)C2.CC(C)NC(=O)Nc1sc2c(c1C(N)=O)CCN(CCc1ccccc1)C2.CC(C)NC(=O)Nc1sc2c(c1C(N)=O)CCNC2.CCCCS(=O)(=O)Nc1sc2c(c1C(N)=O)C(C)CCC2. The second kappa shape index (κ2) is 41.4. The highest BCUT2D eigenvalue weighted by Gasteiger charge is 2.35. The minimum Gasteiger partial charge on any atom is -0.444 e. The molecule has 0 saturated carbocycles.